The molecule has 1 fully saturated rings. The highest BCUT2D eigenvalue weighted by Crippen LogP contribution is 2.46. The molecule has 0 saturated carbocycles. The van der Waals surface area contributed by atoms with Crippen molar-refractivity contribution in [2.75, 3.05) is 16.0 Å². The summed E-state index contributed by atoms with van der Waals surface area (Å²) < 4.78 is 0. The number of carbonyl (C=O) groups is 2. The summed E-state index contributed by atoms with van der Waals surface area (Å²) in [5, 5.41) is 2.88. The summed E-state index contributed by atoms with van der Waals surface area (Å²) in [5.41, 5.74) is 5.57. The second-order valence-electron chi connectivity index (χ2n) is 8.23. The number of amides is 2. The molecule has 1 saturated heterocycles. The van der Waals surface area contributed by atoms with Gasteiger partial charge in [0.15, 0.2) is 0 Å². The van der Waals surface area contributed by atoms with Crippen molar-refractivity contribution in [1.29, 1.82) is 0 Å². The molecule has 4 rings (SSSR count). The van der Waals surface area contributed by atoms with Crippen LogP contribution in [0.2, 0.25) is 0 Å². The second kappa shape index (κ2) is 9.61. The minimum absolute atomic E-state index is 0.0874. The van der Waals surface area contributed by atoms with Gasteiger partial charge in [-0.2, -0.15) is 0 Å². The largest absolute Gasteiger partial charge is 0.322 e. The van der Waals surface area contributed by atoms with E-state index in [0.29, 0.717) is 17.2 Å². The number of anilines is 2. The Morgan fingerprint density at radius 3 is 2.44 bits per heavy atom. The van der Waals surface area contributed by atoms with Gasteiger partial charge in [-0.05, 0) is 47.7 Å². The van der Waals surface area contributed by atoms with Crippen LogP contribution in [-0.2, 0) is 11.2 Å². The molecule has 1 unspecified atom stereocenters. The summed E-state index contributed by atoms with van der Waals surface area (Å²) >= 11 is 1.59. The fraction of sp³-hybridized carbons (Fsp3) is 0.259. The van der Waals surface area contributed by atoms with E-state index in [1.165, 1.54) is 5.56 Å². The smallest absolute Gasteiger partial charge is 0.255 e. The average Bonchev–Trinajstić information content (AvgIpc) is 3.20. The number of nitrogens with one attached hydrogen (secondary N) is 1. The summed E-state index contributed by atoms with van der Waals surface area (Å²) in [4.78, 5) is 27.8. The number of hydrogen-bond acceptors (Lipinski definition) is 3. The normalized spacial score (nSPS) is 15.9. The molecule has 0 aromatic heterocycles. The second-order valence-corrected chi connectivity index (χ2v) is 9.30. The van der Waals surface area contributed by atoms with Crippen LogP contribution in [0.3, 0.4) is 0 Å². The van der Waals surface area contributed by atoms with Gasteiger partial charge in [-0.15, -0.1) is 11.8 Å². The summed E-state index contributed by atoms with van der Waals surface area (Å²) in [6, 6.07) is 23.5. The van der Waals surface area contributed by atoms with Gasteiger partial charge in [0.1, 0.15) is 5.37 Å². The first-order valence-electron chi connectivity index (χ1n) is 11.0. The lowest BCUT2D eigenvalue weighted by Gasteiger charge is -2.29. The predicted molar refractivity (Wildman–Crippen MR) is 133 cm³/mol. The molecule has 4 nitrogen and oxygen atoms in total. The zero-order valence-corrected chi connectivity index (χ0v) is 19.5. The fourth-order valence-electron chi connectivity index (χ4n) is 4.02. The molecule has 164 valence electrons. The summed E-state index contributed by atoms with van der Waals surface area (Å²) in [6.07, 6.45) is 0.936. The Morgan fingerprint density at radius 2 is 1.72 bits per heavy atom. The van der Waals surface area contributed by atoms with E-state index >= 15 is 0 Å². The first-order valence-corrected chi connectivity index (χ1v) is 12.1. The average molecular weight is 445 g/mol. The van der Waals surface area contributed by atoms with E-state index in [9.17, 15) is 9.59 Å². The highest BCUT2D eigenvalue weighted by atomic mass is 32.2. The first kappa shape index (κ1) is 22.2. The Hall–Kier alpha value is -3.05. The molecule has 0 bridgehead atoms. The molecule has 3 aromatic rings. The van der Waals surface area contributed by atoms with Crippen molar-refractivity contribution in [2.24, 2.45) is 0 Å². The molecular weight excluding hydrogens is 416 g/mol. The number of carbonyl (C=O) groups excluding carboxylic acids is 2. The van der Waals surface area contributed by atoms with Crippen molar-refractivity contribution >= 4 is 35.0 Å². The molecule has 1 heterocycles. The van der Waals surface area contributed by atoms with Crippen LogP contribution in [0.1, 0.15) is 59.1 Å². The maximum absolute atomic E-state index is 13.0. The number of benzene rings is 3. The van der Waals surface area contributed by atoms with E-state index < -0.39 is 0 Å². The number of para-hydroxylation sites is 2. The van der Waals surface area contributed by atoms with Crippen molar-refractivity contribution in [3.05, 3.63) is 95.1 Å². The lowest BCUT2D eigenvalue weighted by Crippen LogP contribution is -2.29. The lowest BCUT2D eigenvalue weighted by atomic mass is 10.00. The SMILES string of the molecule is CCc1ccc(C(=O)Nc2ccccc2C2SCC(=O)N2c2ccccc2C(C)C)cc1. The van der Waals surface area contributed by atoms with Gasteiger partial charge in [0, 0.05) is 22.5 Å². The number of rotatable bonds is 6. The van der Waals surface area contributed by atoms with E-state index in [2.05, 4.69) is 32.2 Å². The fourth-order valence-corrected chi connectivity index (χ4v) is 5.23. The Bertz CT molecular complexity index is 1120. The monoisotopic (exact) mass is 444 g/mol. The van der Waals surface area contributed by atoms with Crippen molar-refractivity contribution in [3.63, 3.8) is 0 Å². The molecule has 0 aliphatic carbocycles. The van der Waals surface area contributed by atoms with Crippen LogP contribution in [0, 0.1) is 0 Å². The van der Waals surface area contributed by atoms with Gasteiger partial charge >= 0.3 is 0 Å². The molecule has 0 radical (unpaired) electrons. The van der Waals surface area contributed by atoms with Crippen molar-refractivity contribution < 1.29 is 9.59 Å². The number of aryl methyl sites for hydroxylation is 1. The van der Waals surface area contributed by atoms with E-state index in [0.717, 1.165) is 28.9 Å². The zero-order chi connectivity index (χ0) is 22.7. The van der Waals surface area contributed by atoms with Crippen molar-refractivity contribution in [2.45, 2.75) is 38.5 Å². The molecule has 2 amide bonds. The third-order valence-corrected chi connectivity index (χ3v) is 6.98. The van der Waals surface area contributed by atoms with Crippen LogP contribution in [0.4, 0.5) is 11.4 Å². The van der Waals surface area contributed by atoms with Gasteiger partial charge in [0.05, 0.1) is 5.75 Å². The molecular formula is C27H28N2O2S. The molecule has 0 spiro atoms. The standard InChI is InChI=1S/C27H28N2O2S/c1-4-19-13-15-20(16-14-19)26(31)28-23-11-7-5-10-22(23)27-29(25(30)17-32-27)24-12-8-6-9-21(24)18(2)3/h5-16,18,27H,4,17H2,1-3H3,(H,28,31). The van der Waals surface area contributed by atoms with Crippen LogP contribution in [0.15, 0.2) is 72.8 Å². The Morgan fingerprint density at radius 1 is 1.03 bits per heavy atom. The van der Waals surface area contributed by atoms with Crippen LogP contribution < -0.4 is 10.2 Å². The van der Waals surface area contributed by atoms with Crippen LogP contribution in [-0.4, -0.2) is 17.6 Å². The lowest BCUT2D eigenvalue weighted by molar-refractivity contribution is -0.115. The molecule has 3 aromatic carbocycles. The van der Waals surface area contributed by atoms with E-state index in [-0.39, 0.29) is 17.2 Å². The minimum atomic E-state index is -0.193. The van der Waals surface area contributed by atoms with Gasteiger partial charge in [-0.1, -0.05) is 69.3 Å². The van der Waals surface area contributed by atoms with Crippen molar-refractivity contribution in [3.8, 4) is 0 Å². The van der Waals surface area contributed by atoms with E-state index in [1.54, 1.807) is 11.8 Å². The number of nitrogens with zero attached hydrogens (tertiary/aromatic N) is 1. The minimum Gasteiger partial charge on any atom is -0.322 e. The Labute approximate surface area is 194 Å². The molecule has 1 atom stereocenters. The summed E-state index contributed by atoms with van der Waals surface area (Å²) in [7, 11) is 0. The van der Waals surface area contributed by atoms with Gasteiger partial charge in [-0.25, -0.2) is 0 Å². The summed E-state index contributed by atoms with van der Waals surface area (Å²) in [6.45, 7) is 6.37. The Balaban J connectivity index is 1.67. The number of thioether (sulfide) groups is 1. The van der Waals surface area contributed by atoms with Crippen LogP contribution >= 0.6 is 11.8 Å². The highest BCUT2D eigenvalue weighted by molar-refractivity contribution is 8.00. The quantitative estimate of drug-likeness (QED) is 0.478. The maximum atomic E-state index is 13.0. The molecule has 32 heavy (non-hydrogen) atoms. The molecule has 1 N–H and O–H groups in total. The predicted octanol–water partition coefficient (Wildman–Crippen LogP) is 6.40. The topological polar surface area (TPSA) is 49.4 Å². The Kier molecular flexibility index (Phi) is 6.66. The van der Waals surface area contributed by atoms with Crippen molar-refractivity contribution in [1.82, 2.24) is 0 Å². The van der Waals surface area contributed by atoms with E-state index in [4.69, 9.17) is 0 Å². The van der Waals surface area contributed by atoms with E-state index in [1.807, 2.05) is 71.6 Å². The van der Waals surface area contributed by atoms with Gasteiger partial charge in [-0.3, -0.25) is 14.5 Å². The first-order chi connectivity index (χ1) is 15.5. The number of hydrogen-bond donors (Lipinski definition) is 1. The van der Waals surface area contributed by atoms with Gasteiger partial charge < -0.3 is 5.32 Å². The highest BCUT2D eigenvalue weighted by Gasteiger charge is 2.36. The van der Waals surface area contributed by atoms with Gasteiger partial charge in [0.2, 0.25) is 5.91 Å². The third kappa shape index (κ3) is 4.44. The summed E-state index contributed by atoms with van der Waals surface area (Å²) in [5.74, 6) is 0.650. The molecule has 5 heteroatoms. The molecule has 1 aliphatic heterocycles. The maximum Gasteiger partial charge on any atom is 0.255 e. The zero-order valence-electron chi connectivity index (χ0n) is 18.7. The molecule has 1 aliphatic rings. The van der Waals surface area contributed by atoms with Gasteiger partial charge in [0.25, 0.3) is 5.91 Å². The van der Waals surface area contributed by atoms with Crippen LogP contribution in [0.5, 0.6) is 0 Å². The third-order valence-electron chi connectivity index (χ3n) is 5.79. The van der Waals surface area contributed by atoms with Crippen LogP contribution in [0.25, 0.3) is 0 Å².